The van der Waals surface area contributed by atoms with Crippen LogP contribution >= 0.6 is 0 Å². The van der Waals surface area contributed by atoms with Crippen LogP contribution in [0.1, 0.15) is 38.9 Å². The molecule has 1 aromatic heterocycles. The first-order valence-corrected chi connectivity index (χ1v) is 5.76. The zero-order valence-corrected chi connectivity index (χ0v) is 10.2. The number of carbonyl (C=O) groups is 2. The summed E-state index contributed by atoms with van der Waals surface area (Å²) < 4.78 is 0. The van der Waals surface area contributed by atoms with Gasteiger partial charge in [-0.2, -0.15) is 0 Å². The predicted molar refractivity (Wildman–Crippen MR) is 67.8 cm³/mol. The molecular weight excluding hydrogens is 226 g/mol. The topological polar surface area (TPSA) is 47.0 Å². The van der Waals surface area contributed by atoms with Crippen LogP contribution < -0.4 is 0 Å². The van der Waals surface area contributed by atoms with Crippen molar-refractivity contribution >= 4 is 11.6 Å². The van der Waals surface area contributed by atoms with Gasteiger partial charge in [-0.3, -0.25) is 9.59 Å². The molecule has 3 heteroatoms. The second kappa shape index (κ2) is 3.60. The minimum Gasteiger partial charge on any atom is -0.293 e. The predicted octanol–water partition coefficient (Wildman–Crippen LogP) is 2.80. The van der Waals surface area contributed by atoms with Gasteiger partial charge in [-0.15, -0.1) is 0 Å². The largest absolute Gasteiger partial charge is 0.293 e. The molecule has 0 bridgehead atoms. The number of pyridine rings is 1. The first-order valence-electron chi connectivity index (χ1n) is 5.76. The summed E-state index contributed by atoms with van der Waals surface area (Å²) in [6.07, 6.45) is 0. The molecule has 0 saturated carbocycles. The number of hydrogen-bond acceptors (Lipinski definition) is 3. The van der Waals surface area contributed by atoms with Gasteiger partial charge in [0.05, 0.1) is 11.3 Å². The summed E-state index contributed by atoms with van der Waals surface area (Å²) in [6, 6.07) is 9.06. The average molecular weight is 237 g/mol. The molecule has 0 N–H and O–H groups in total. The van der Waals surface area contributed by atoms with Gasteiger partial charge in [0.25, 0.3) is 0 Å². The number of carbonyl (C=O) groups excluding carboxylic acids is 2. The first kappa shape index (κ1) is 10.8. The maximum atomic E-state index is 12.3. The van der Waals surface area contributed by atoms with Gasteiger partial charge < -0.3 is 0 Å². The lowest BCUT2D eigenvalue weighted by Crippen LogP contribution is -2.03. The molecule has 3 rings (SSSR count). The molecule has 0 aliphatic heterocycles. The quantitative estimate of drug-likeness (QED) is 0.611. The second-order valence-electron chi connectivity index (χ2n) is 4.48. The fraction of sp³-hybridized carbons (Fsp3) is 0.133. The molecule has 1 aliphatic carbocycles. The van der Waals surface area contributed by atoms with Crippen LogP contribution in [-0.2, 0) is 0 Å². The number of aromatic nitrogens is 1. The van der Waals surface area contributed by atoms with Crippen molar-refractivity contribution in [3.8, 4) is 11.3 Å². The second-order valence-corrected chi connectivity index (χ2v) is 4.48. The Morgan fingerprint density at radius 2 is 1.83 bits per heavy atom. The zero-order valence-electron chi connectivity index (χ0n) is 10.2. The monoisotopic (exact) mass is 237 g/mol. The van der Waals surface area contributed by atoms with Crippen molar-refractivity contribution in [1.29, 1.82) is 0 Å². The van der Waals surface area contributed by atoms with Gasteiger partial charge in [0.2, 0.25) is 0 Å². The van der Waals surface area contributed by atoms with E-state index in [1.165, 1.54) is 6.92 Å². The van der Waals surface area contributed by atoms with E-state index in [9.17, 15) is 9.59 Å². The van der Waals surface area contributed by atoms with E-state index in [1.807, 2.05) is 25.1 Å². The molecular formula is C15H11NO2. The highest BCUT2D eigenvalue weighted by Crippen LogP contribution is 2.36. The number of aryl methyl sites for hydroxylation is 1. The van der Waals surface area contributed by atoms with E-state index >= 15 is 0 Å². The highest BCUT2D eigenvalue weighted by atomic mass is 16.1. The van der Waals surface area contributed by atoms with E-state index in [1.54, 1.807) is 12.1 Å². The molecule has 1 heterocycles. The van der Waals surface area contributed by atoms with Crippen LogP contribution in [0.4, 0.5) is 0 Å². The SMILES string of the molecule is CC(=O)c1cc(C)c2c(n1)-c1ccccc1C2=O. The van der Waals surface area contributed by atoms with Crippen molar-refractivity contribution < 1.29 is 9.59 Å². The Morgan fingerprint density at radius 3 is 2.50 bits per heavy atom. The van der Waals surface area contributed by atoms with Gasteiger partial charge in [-0.1, -0.05) is 24.3 Å². The smallest absolute Gasteiger partial charge is 0.196 e. The molecule has 0 radical (unpaired) electrons. The third-order valence-electron chi connectivity index (χ3n) is 3.23. The number of nitrogens with zero attached hydrogens (tertiary/aromatic N) is 1. The third kappa shape index (κ3) is 1.34. The van der Waals surface area contributed by atoms with E-state index in [-0.39, 0.29) is 11.6 Å². The van der Waals surface area contributed by atoms with E-state index in [2.05, 4.69) is 4.98 Å². The molecule has 0 saturated heterocycles. The molecule has 1 aliphatic rings. The Kier molecular flexibility index (Phi) is 2.17. The lowest BCUT2D eigenvalue weighted by molar-refractivity contribution is 0.100. The van der Waals surface area contributed by atoms with Crippen LogP contribution in [0.5, 0.6) is 0 Å². The number of ketones is 2. The third-order valence-corrected chi connectivity index (χ3v) is 3.23. The van der Waals surface area contributed by atoms with Gasteiger partial charge in [0.1, 0.15) is 5.69 Å². The fourth-order valence-electron chi connectivity index (χ4n) is 2.36. The van der Waals surface area contributed by atoms with E-state index in [0.29, 0.717) is 22.5 Å². The average Bonchev–Trinajstić information content (AvgIpc) is 2.64. The summed E-state index contributed by atoms with van der Waals surface area (Å²) in [6.45, 7) is 3.33. The van der Waals surface area contributed by atoms with Crippen molar-refractivity contribution in [1.82, 2.24) is 4.98 Å². The Bertz CT molecular complexity index is 702. The summed E-state index contributed by atoms with van der Waals surface area (Å²) in [5, 5.41) is 0. The van der Waals surface area contributed by atoms with Gasteiger partial charge >= 0.3 is 0 Å². The molecule has 2 aromatic rings. The Labute approximate surface area is 104 Å². The van der Waals surface area contributed by atoms with E-state index in [0.717, 1.165) is 11.1 Å². The van der Waals surface area contributed by atoms with Crippen molar-refractivity contribution in [2.24, 2.45) is 0 Å². The normalized spacial score (nSPS) is 12.2. The van der Waals surface area contributed by atoms with Crippen LogP contribution in [0.25, 0.3) is 11.3 Å². The van der Waals surface area contributed by atoms with Crippen LogP contribution in [0.2, 0.25) is 0 Å². The fourth-order valence-corrected chi connectivity index (χ4v) is 2.36. The highest BCUT2D eigenvalue weighted by Gasteiger charge is 2.29. The Balaban J connectivity index is 2.37. The first-order chi connectivity index (χ1) is 8.59. The molecule has 18 heavy (non-hydrogen) atoms. The van der Waals surface area contributed by atoms with E-state index < -0.39 is 0 Å². The van der Waals surface area contributed by atoms with Crippen LogP contribution in [0, 0.1) is 6.92 Å². The summed E-state index contributed by atoms with van der Waals surface area (Å²) in [4.78, 5) is 28.0. The van der Waals surface area contributed by atoms with Gasteiger partial charge in [0.15, 0.2) is 11.6 Å². The summed E-state index contributed by atoms with van der Waals surface area (Å²) in [5.41, 5.74) is 3.98. The number of fused-ring (bicyclic) bond motifs is 3. The van der Waals surface area contributed by atoms with Crippen LogP contribution in [-0.4, -0.2) is 16.6 Å². The number of benzene rings is 1. The molecule has 0 atom stereocenters. The number of rotatable bonds is 1. The molecule has 88 valence electrons. The summed E-state index contributed by atoms with van der Waals surface area (Å²) in [7, 11) is 0. The number of Topliss-reactive ketones (excluding diaryl/α,β-unsaturated/α-hetero) is 1. The standard InChI is InChI=1S/C15H11NO2/c1-8-7-12(9(2)17)16-14-10-5-3-4-6-11(10)15(18)13(8)14/h3-7H,1-2H3. The molecule has 0 spiro atoms. The Hall–Kier alpha value is -2.29. The minimum absolute atomic E-state index is 0.000650. The molecule has 3 nitrogen and oxygen atoms in total. The van der Waals surface area contributed by atoms with E-state index in [4.69, 9.17) is 0 Å². The Morgan fingerprint density at radius 1 is 1.17 bits per heavy atom. The maximum absolute atomic E-state index is 12.3. The molecule has 0 amide bonds. The van der Waals surface area contributed by atoms with Crippen molar-refractivity contribution in [3.05, 3.63) is 52.7 Å². The molecule has 0 unspecified atom stereocenters. The van der Waals surface area contributed by atoms with Crippen molar-refractivity contribution in [2.75, 3.05) is 0 Å². The summed E-state index contributed by atoms with van der Waals surface area (Å²) in [5.74, 6) is -0.0848. The summed E-state index contributed by atoms with van der Waals surface area (Å²) >= 11 is 0. The van der Waals surface area contributed by atoms with Gasteiger partial charge in [-0.05, 0) is 18.6 Å². The minimum atomic E-state index is -0.0854. The van der Waals surface area contributed by atoms with Crippen LogP contribution in [0.3, 0.4) is 0 Å². The van der Waals surface area contributed by atoms with Gasteiger partial charge in [-0.25, -0.2) is 4.98 Å². The highest BCUT2D eigenvalue weighted by molar-refractivity contribution is 6.22. The lowest BCUT2D eigenvalue weighted by Gasteiger charge is -2.04. The molecule has 1 aromatic carbocycles. The maximum Gasteiger partial charge on any atom is 0.196 e. The number of hydrogen-bond donors (Lipinski definition) is 0. The molecule has 0 fully saturated rings. The van der Waals surface area contributed by atoms with Crippen LogP contribution in [0.15, 0.2) is 30.3 Å². The van der Waals surface area contributed by atoms with Crippen molar-refractivity contribution in [2.45, 2.75) is 13.8 Å². The zero-order chi connectivity index (χ0) is 12.9. The lowest BCUT2D eigenvalue weighted by atomic mass is 10.0. The van der Waals surface area contributed by atoms with Gasteiger partial charge in [0, 0.05) is 18.1 Å². The van der Waals surface area contributed by atoms with Crippen molar-refractivity contribution in [3.63, 3.8) is 0 Å².